The second-order valence-corrected chi connectivity index (χ2v) is 5.74. The minimum absolute atomic E-state index is 0.111. The number of alkyl halides is 2. The van der Waals surface area contributed by atoms with Crippen molar-refractivity contribution in [3.8, 4) is 5.75 Å². The number of nitrogens with zero attached hydrogens (tertiary/aromatic N) is 4. The molecule has 1 atom stereocenters. The summed E-state index contributed by atoms with van der Waals surface area (Å²) in [5.41, 5.74) is 1.60. The van der Waals surface area contributed by atoms with E-state index in [4.69, 9.17) is 11.6 Å². The topological polar surface area (TPSA) is 64.3 Å². The van der Waals surface area contributed by atoms with E-state index in [1.807, 2.05) is 13.8 Å². The summed E-state index contributed by atoms with van der Waals surface area (Å²) in [4.78, 5) is 8.47. The van der Waals surface area contributed by atoms with Crippen LogP contribution in [0.25, 0.3) is 5.78 Å². The maximum absolute atomic E-state index is 12.2. The Morgan fingerprint density at radius 2 is 2.00 bits per heavy atom. The minimum Gasteiger partial charge on any atom is -0.435 e. The molecule has 0 saturated heterocycles. The summed E-state index contributed by atoms with van der Waals surface area (Å²) in [6.45, 7) is 1.04. The van der Waals surface area contributed by atoms with Gasteiger partial charge in [0.05, 0.1) is 5.69 Å². The quantitative estimate of drug-likeness (QED) is 0.710. The Morgan fingerprint density at radius 1 is 1.28 bits per heavy atom. The fourth-order valence-corrected chi connectivity index (χ4v) is 2.76. The molecule has 0 aliphatic rings. The first kappa shape index (κ1) is 17.3. The van der Waals surface area contributed by atoms with Gasteiger partial charge in [-0.3, -0.25) is 0 Å². The lowest BCUT2D eigenvalue weighted by Gasteiger charge is -2.18. The molecule has 9 heteroatoms. The van der Waals surface area contributed by atoms with Crippen molar-refractivity contribution in [2.75, 3.05) is 5.32 Å². The van der Waals surface area contributed by atoms with Gasteiger partial charge in [0.15, 0.2) is 5.82 Å². The molecule has 0 bridgehead atoms. The highest BCUT2D eigenvalue weighted by Crippen LogP contribution is 2.29. The van der Waals surface area contributed by atoms with Crippen LogP contribution in [-0.4, -0.2) is 26.2 Å². The molecule has 25 heavy (non-hydrogen) atoms. The predicted molar refractivity (Wildman–Crippen MR) is 90.3 cm³/mol. The lowest BCUT2D eigenvalue weighted by atomic mass is 10.1. The third-order valence-electron chi connectivity index (χ3n) is 3.73. The lowest BCUT2D eigenvalue weighted by molar-refractivity contribution is -0.0498. The van der Waals surface area contributed by atoms with Gasteiger partial charge in [-0.1, -0.05) is 30.7 Å². The number of benzene rings is 1. The van der Waals surface area contributed by atoms with E-state index in [2.05, 4.69) is 25.1 Å². The molecular formula is C16H16ClF2N5O. The molecule has 1 aromatic carbocycles. The van der Waals surface area contributed by atoms with E-state index >= 15 is 0 Å². The molecule has 0 aliphatic heterocycles. The molecule has 132 valence electrons. The second-order valence-electron chi connectivity index (χ2n) is 5.36. The van der Waals surface area contributed by atoms with Crippen LogP contribution in [0.15, 0.2) is 30.6 Å². The molecule has 3 rings (SSSR count). The van der Waals surface area contributed by atoms with E-state index in [-0.39, 0.29) is 11.8 Å². The SMILES string of the molecule is CCc1nc2ncnn2c(NC(C)c2ccc(OC(F)F)cc2)c1Cl. The second kappa shape index (κ2) is 7.18. The summed E-state index contributed by atoms with van der Waals surface area (Å²) in [6, 6.07) is 6.26. The van der Waals surface area contributed by atoms with Crippen molar-refractivity contribution in [2.45, 2.75) is 32.9 Å². The zero-order valence-electron chi connectivity index (χ0n) is 13.6. The Hall–Kier alpha value is -2.48. The van der Waals surface area contributed by atoms with Gasteiger partial charge in [0.1, 0.15) is 17.1 Å². The smallest absolute Gasteiger partial charge is 0.387 e. The molecule has 0 radical (unpaired) electrons. The molecule has 3 aromatic rings. The van der Waals surface area contributed by atoms with Crippen LogP contribution in [0.5, 0.6) is 5.75 Å². The monoisotopic (exact) mass is 367 g/mol. The normalized spacial score (nSPS) is 12.6. The molecule has 0 saturated carbocycles. The summed E-state index contributed by atoms with van der Waals surface area (Å²) in [5.74, 6) is 1.15. The Balaban J connectivity index is 1.88. The Morgan fingerprint density at radius 3 is 2.64 bits per heavy atom. The number of rotatable bonds is 6. The summed E-state index contributed by atoms with van der Waals surface area (Å²) < 4.78 is 30.4. The molecule has 2 aromatic heterocycles. The van der Waals surface area contributed by atoms with E-state index < -0.39 is 6.61 Å². The Kier molecular flexibility index (Phi) is 4.98. The molecule has 0 amide bonds. The van der Waals surface area contributed by atoms with Gasteiger partial charge in [0.25, 0.3) is 5.78 Å². The number of hydrogen-bond acceptors (Lipinski definition) is 5. The van der Waals surface area contributed by atoms with E-state index in [0.717, 1.165) is 11.3 Å². The van der Waals surface area contributed by atoms with Gasteiger partial charge in [-0.25, -0.2) is 4.98 Å². The minimum atomic E-state index is -2.84. The highest BCUT2D eigenvalue weighted by atomic mass is 35.5. The van der Waals surface area contributed by atoms with Crippen LogP contribution in [0.3, 0.4) is 0 Å². The standard InChI is InChI=1S/C16H16ClF2N5O/c1-3-12-13(17)14(24-16(23-12)20-8-21-24)22-9(2)10-4-6-11(7-5-10)25-15(18)19/h4-9,15,22H,3H2,1-2H3. The van der Waals surface area contributed by atoms with Crippen LogP contribution in [0.4, 0.5) is 14.6 Å². The third kappa shape index (κ3) is 3.63. The van der Waals surface area contributed by atoms with E-state index in [1.165, 1.54) is 23.0 Å². The van der Waals surface area contributed by atoms with Crippen molar-refractivity contribution in [3.63, 3.8) is 0 Å². The number of nitrogens with one attached hydrogen (secondary N) is 1. The Labute approximate surface area is 147 Å². The van der Waals surface area contributed by atoms with E-state index in [0.29, 0.717) is 23.0 Å². The molecule has 2 heterocycles. The van der Waals surface area contributed by atoms with Crippen molar-refractivity contribution >= 4 is 23.2 Å². The first-order chi connectivity index (χ1) is 12.0. The summed E-state index contributed by atoms with van der Waals surface area (Å²) in [6.07, 6.45) is 2.06. The van der Waals surface area contributed by atoms with Crippen molar-refractivity contribution < 1.29 is 13.5 Å². The van der Waals surface area contributed by atoms with E-state index in [9.17, 15) is 8.78 Å². The van der Waals surface area contributed by atoms with E-state index in [1.54, 1.807) is 12.1 Å². The molecule has 0 spiro atoms. The highest BCUT2D eigenvalue weighted by Gasteiger charge is 2.17. The van der Waals surface area contributed by atoms with Crippen molar-refractivity contribution in [1.29, 1.82) is 0 Å². The maximum atomic E-state index is 12.2. The molecule has 0 aliphatic carbocycles. The molecule has 0 fully saturated rings. The highest BCUT2D eigenvalue weighted by molar-refractivity contribution is 6.33. The summed E-state index contributed by atoms with van der Waals surface area (Å²) in [5, 5.41) is 7.91. The molecule has 1 N–H and O–H groups in total. The number of halogens is 3. The number of anilines is 1. The maximum Gasteiger partial charge on any atom is 0.387 e. The number of aryl methyl sites for hydroxylation is 1. The zero-order valence-corrected chi connectivity index (χ0v) is 14.3. The van der Waals surface area contributed by atoms with Crippen LogP contribution in [0.2, 0.25) is 5.02 Å². The lowest BCUT2D eigenvalue weighted by Crippen LogP contribution is -2.13. The number of fused-ring (bicyclic) bond motifs is 1. The van der Waals surface area contributed by atoms with Crippen LogP contribution in [0.1, 0.15) is 31.1 Å². The number of aromatic nitrogens is 4. The van der Waals surface area contributed by atoms with Crippen LogP contribution in [-0.2, 0) is 6.42 Å². The van der Waals surface area contributed by atoms with Gasteiger partial charge >= 0.3 is 6.61 Å². The van der Waals surface area contributed by atoms with Crippen LogP contribution in [0, 0.1) is 0 Å². The molecule has 1 unspecified atom stereocenters. The first-order valence-electron chi connectivity index (χ1n) is 7.69. The van der Waals surface area contributed by atoms with Crippen molar-refractivity contribution in [1.82, 2.24) is 19.6 Å². The number of ether oxygens (including phenoxy) is 1. The van der Waals surface area contributed by atoms with Crippen LogP contribution >= 0.6 is 11.6 Å². The average Bonchev–Trinajstić information content (AvgIpc) is 3.05. The van der Waals surface area contributed by atoms with Gasteiger partial charge in [0.2, 0.25) is 0 Å². The number of hydrogen-bond donors (Lipinski definition) is 1. The average molecular weight is 368 g/mol. The van der Waals surface area contributed by atoms with Crippen molar-refractivity contribution in [2.24, 2.45) is 0 Å². The predicted octanol–water partition coefficient (Wildman–Crippen LogP) is 4.11. The van der Waals surface area contributed by atoms with Gasteiger partial charge in [-0.2, -0.15) is 23.4 Å². The Bertz CT molecular complexity index is 869. The zero-order chi connectivity index (χ0) is 18.0. The van der Waals surface area contributed by atoms with Gasteiger partial charge in [0, 0.05) is 6.04 Å². The molecular weight excluding hydrogens is 352 g/mol. The summed E-state index contributed by atoms with van der Waals surface area (Å²) >= 11 is 6.44. The van der Waals surface area contributed by atoms with Gasteiger partial charge < -0.3 is 10.1 Å². The fourth-order valence-electron chi connectivity index (χ4n) is 2.45. The molecule has 6 nitrogen and oxygen atoms in total. The van der Waals surface area contributed by atoms with Crippen LogP contribution < -0.4 is 10.1 Å². The summed E-state index contributed by atoms with van der Waals surface area (Å²) in [7, 11) is 0. The van der Waals surface area contributed by atoms with Gasteiger partial charge in [-0.05, 0) is 31.0 Å². The fraction of sp³-hybridized carbons (Fsp3) is 0.312. The van der Waals surface area contributed by atoms with Crippen molar-refractivity contribution in [3.05, 3.63) is 46.9 Å². The third-order valence-corrected chi connectivity index (χ3v) is 4.13. The first-order valence-corrected chi connectivity index (χ1v) is 8.06. The largest absolute Gasteiger partial charge is 0.435 e. The van der Waals surface area contributed by atoms with Gasteiger partial charge in [-0.15, -0.1) is 0 Å².